The highest BCUT2D eigenvalue weighted by atomic mass is 32.1. The Hall–Kier alpha value is -2.19. The van der Waals surface area contributed by atoms with Gasteiger partial charge in [0, 0.05) is 43.4 Å². The maximum absolute atomic E-state index is 12.5. The predicted octanol–water partition coefficient (Wildman–Crippen LogP) is 1.06. The van der Waals surface area contributed by atoms with Crippen LogP contribution in [0.4, 0.5) is 0 Å². The van der Waals surface area contributed by atoms with Crippen molar-refractivity contribution in [2.24, 2.45) is 5.92 Å². The number of nitrogens with one attached hydrogen (secondary N) is 1. The maximum atomic E-state index is 12.5. The van der Waals surface area contributed by atoms with E-state index in [9.17, 15) is 14.7 Å². The van der Waals surface area contributed by atoms with Crippen molar-refractivity contribution < 1.29 is 14.7 Å². The molecule has 3 heterocycles. The summed E-state index contributed by atoms with van der Waals surface area (Å²) in [6, 6.07) is 3.85. The number of carboxylic acids is 1. The molecule has 8 heteroatoms. The molecule has 1 atom stereocenters. The number of imidazole rings is 1. The first kappa shape index (κ1) is 16.7. The zero-order chi connectivity index (χ0) is 16.9. The van der Waals surface area contributed by atoms with E-state index in [-0.39, 0.29) is 12.5 Å². The summed E-state index contributed by atoms with van der Waals surface area (Å²) in [4.78, 5) is 36.0. The summed E-state index contributed by atoms with van der Waals surface area (Å²) in [7, 11) is 0. The van der Waals surface area contributed by atoms with Crippen molar-refractivity contribution in [1.82, 2.24) is 19.8 Å². The number of hydrogen-bond acceptors (Lipinski definition) is 5. The minimum atomic E-state index is -0.865. The molecule has 2 aromatic heterocycles. The molecule has 7 nitrogen and oxygen atoms in total. The van der Waals surface area contributed by atoms with Gasteiger partial charge < -0.3 is 15.0 Å². The number of thiophene rings is 1. The average Bonchev–Trinajstić information content (AvgIpc) is 3.19. The molecule has 1 amide bonds. The van der Waals surface area contributed by atoms with E-state index >= 15 is 0 Å². The summed E-state index contributed by atoms with van der Waals surface area (Å²) >= 11 is 1.54. The number of aromatic nitrogens is 2. The number of amides is 1. The predicted molar refractivity (Wildman–Crippen MR) is 89.6 cm³/mol. The monoisotopic (exact) mass is 348 g/mol. The van der Waals surface area contributed by atoms with Gasteiger partial charge >= 0.3 is 5.97 Å². The van der Waals surface area contributed by atoms with E-state index in [0.29, 0.717) is 32.6 Å². The van der Waals surface area contributed by atoms with Gasteiger partial charge in [0.15, 0.2) is 0 Å². The highest BCUT2D eigenvalue weighted by molar-refractivity contribution is 7.10. The number of carbonyl (C=O) groups is 2. The Morgan fingerprint density at radius 1 is 1.38 bits per heavy atom. The van der Waals surface area contributed by atoms with E-state index < -0.39 is 11.9 Å². The highest BCUT2D eigenvalue weighted by Crippen LogP contribution is 2.15. The first-order chi connectivity index (χ1) is 11.6. The van der Waals surface area contributed by atoms with Gasteiger partial charge in [0.05, 0.1) is 18.9 Å². The summed E-state index contributed by atoms with van der Waals surface area (Å²) in [5, 5.41) is 11.4. The van der Waals surface area contributed by atoms with Crippen molar-refractivity contribution in [3.05, 3.63) is 40.6 Å². The van der Waals surface area contributed by atoms with Crippen LogP contribution in [0.25, 0.3) is 0 Å². The Kier molecular flexibility index (Phi) is 5.27. The van der Waals surface area contributed by atoms with Crippen LogP contribution in [0.15, 0.2) is 29.9 Å². The molecular formula is C16H20N4O3S. The third-order valence-electron chi connectivity index (χ3n) is 4.14. The fourth-order valence-electron chi connectivity index (χ4n) is 2.88. The van der Waals surface area contributed by atoms with Gasteiger partial charge in [-0.05, 0) is 11.4 Å². The quantitative estimate of drug-likeness (QED) is 0.843. The number of aliphatic carboxylic acids is 1. The van der Waals surface area contributed by atoms with Gasteiger partial charge in [-0.3, -0.25) is 14.5 Å². The van der Waals surface area contributed by atoms with Crippen molar-refractivity contribution in [3.8, 4) is 0 Å². The molecule has 2 N–H and O–H groups in total. The number of hydrogen-bond donors (Lipinski definition) is 2. The summed E-state index contributed by atoms with van der Waals surface area (Å²) in [5.41, 5.74) is 0. The van der Waals surface area contributed by atoms with E-state index in [0.717, 1.165) is 10.7 Å². The second-order valence-corrected chi connectivity index (χ2v) is 6.93. The second-order valence-electron chi connectivity index (χ2n) is 5.90. The van der Waals surface area contributed by atoms with Crippen LogP contribution in [0.1, 0.15) is 10.7 Å². The number of carboxylic acid groups (broad SMARTS) is 1. The van der Waals surface area contributed by atoms with E-state index in [4.69, 9.17) is 0 Å². The van der Waals surface area contributed by atoms with Crippen LogP contribution in [-0.2, 0) is 22.6 Å². The Labute approximate surface area is 143 Å². The van der Waals surface area contributed by atoms with Crippen LogP contribution in [0, 0.1) is 5.92 Å². The molecule has 24 heavy (non-hydrogen) atoms. The molecule has 128 valence electrons. The first-order valence-corrected chi connectivity index (χ1v) is 8.73. The van der Waals surface area contributed by atoms with Gasteiger partial charge in [-0.2, -0.15) is 0 Å². The number of H-pyrrole nitrogens is 1. The van der Waals surface area contributed by atoms with Gasteiger partial charge in [0.2, 0.25) is 5.91 Å². The topological polar surface area (TPSA) is 89.5 Å². The molecule has 1 unspecified atom stereocenters. The minimum Gasteiger partial charge on any atom is -0.481 e. The lowest BCUT2D eigenvalue weighted by molar-refractivity contribution is -0.143. The highest BCUT2D eigenvalue weighted by Gasteiger charge is 2.30. The fraction of sp³-hybridized carbons (Fsp3) is 0.438. The summed E-state index contributed by atoms with van der Waals surface area (Å²) < 4.78 is 0. The standard InChI is InChI=1S/C16H20N4O3S/c21-15(8-13-2-1-7-24-13)20-6-5-19(9-12(10-20)16(22)23)11-14-17-3-4-18-14/h1-4,7,12H,5-6,8-11H2,(H,17,18)(H,22,23). The Balaban J connectivity index is 1.66. The van der Waals surface area contributed by atoms with Crippen molar-refractivity contribution in [2.75, 3.05) is 26.2 Å². The number of carbonyl (C=O) groups excluding carboxylic acids is 1. The van der Waals surface area contributed by atoms with Crippen LogP contribution >= 0.6 is 11.3 Å². The number of aromatic amines is 1. The van der Waals surface area contributed by atoms with E-state index in [2.05, 4.69) is 9.97 Å². The Morgan fingerprint density at radius 2 is 2.25 bits per heavy atom. The molecule has 1 fully saturated rings. The number of rotatable bonds is 5. The lowest BCUT2D eigenvalue weighted by Crippen LogP contribution is -2.38. The fourth-order valence-corrected chi connectivity index (χ4v) is 3.57. The third-order valence-corrected chi connectivity index (χ3v) is 5.02. The average molecular weight is 348 g/mol. The van der Waals surface area contributed by atoms with Crippen LogP contribution in [0.3, 0.4) is 0 Å². The molecule has 3 rings (SSSR count). The first-order valence-electron chi connectivity index (χ1n) is 7.85. The molecule has 0 spiro atoms. The molecule has 1 aliphatic heterocycles. The van der Waals surface area contributed by atoms with Gasteiger partial charge in [-0.25, -0.2) is 4.98 Å². The largest absolute Gasteiger partial charge is 0.481 e. The maximum Gasteiger partial charge on any atom is 0.309 e. The van der Waals surface area contributed by atoms with Gasteiger partial charge in [0.25, 0.3) is 0 Å². The normalized spacial score (nSPS) is 19.2. The van der Waals surface area contributed by atoms with Crippen molar-refractivity contribution >= 4 is 23.2 Å². The van der Waals surface area contributed by atoms with E-state index in [1.807, 2.05) is 22.4 Å². The van der Waals surface area contributed by atoms with Crippen molar-refractivity contribution in [2.45, 2.75) is 13.0 Å². The van der Waals surface area contributed by atoms with Crippen LogP contribution in [0.5, 0.6) is 0 Å². The van der Waals surface area contributed by atoms with Crippen molar-refractivity contribution in [3.63, 3.8) is 0 Å². The van der Waals surface area contributed by atoms with Crippen LogP contribution in [-0.4, -0.2) is 62.9 Å². The molecular weight excluding hydrogens is 328 g/mol. The summed E-state index contributed by atoms with van der Waals surface area (Å²) in [5.74, 6) is -0.661. The molecule has 0 aromatic carbocycles. The van der Waals surface area contributed by atoms with Gasteiger partial charge in [-0.1, -0.05) is 6.07 Å². The molecule has 1 aliphatic rings. The van der Waals surface area contributed by atoms with Crippen LogP contribution < -0.4 is 0 Å². The molecule has 0 aliphatic carbocycles. The summed E-state index contributed by atoms with van der Waals surface area (Å²) in [6.45, 7) is 2.41. The van der Waals surface area contributed by atoms with Crippen molar-refractivity contribution in [1.29, 1.82) is 0 Å². The van der Waals surface area contributed by atoms with E-state index in [1.54, 1.807) is 28.6 Å². The molecule has 0 radical (unpaired) electrons. The third kappa shape index (κ3) is 4.21. The van der Waals surface area contributed by atoms with Gasteiger partial charge in [0.1, 0.15) is 5.82 Å². The molecule has 0 bridgehead atoms. The summed E-state index contributed by atoms with van der Waals surface area (Å²) in [6.07, 6.45) is 3.76. The number of nitrogens with zero attached hydrogens (tertiary/aromatic N) is 3. The lowest BCUT2D eigenvalue weighted by Gasteiger charge is -2.22. The molecule has 0 saturated carbocycles. The Morgan fingerprint density at radius 3 is 2.92 bits per heavy atom. The molecule has 1 saturated heterocycles. The second kappa shape index (κ2) is 7.59. The SMILES string of the molecule is O=C(O)C1CN(Cc2ncc[nH]2)CCN(C(=O)Cc2cccs2)C1. The zero-order valence-corrected chi connectivity index (χ0v) is 14.0. The lowest BCUT2D eigenvalue weighted by atomic mass is 10.1. The van der Waals surface area contributed by atoms with Gasteiger partial charge in [-0.15, -0.1) is 11.3 Å². The Bertz CT molecular complexity index is 672. The minimum absolute atomic E-state index is 0.0106. The molecule has 2 aromatic rings. The van der Waals surface area contributed by atoms with Crippen LogP contribution in [0.2, 0.25) is 0 Å². The van der Waals surface area contributed by atoms with E-state index in [1.165, 1.54) is 0 Å². The zero-order valence-electron chi connectivity index (χ0n) is 13.2. The smallest absolute Gasteiger partial charge is 0.309 e.